The molecule has 106 valence electrons. The summed E-state index contributed by atoms with van der Waals surface area (Å²) in [6.45, 7) is 5.24. The standard InChI is InChI=1S/C13H20N2O3S/c1-10(2)12-5-6-15(8-12)19(17,18)13-4-3-11(9-16)7-14-13/h3-4,7,10,12,16H,5-6,8-9H2,1-2H3. The fourth-order valence-electron chi connectivity index (χ4n) is 2.31. The van der Waals surface area contributed by atoms with Crippen molar-refractivity contribution in [1.82, 2.24) is 9.29 Å². The fourth-order valence-corrected chi connectivity index (χ4v) is 3.73. The van der Waals surface area contributed by atoms with Crippen LogP contribution in [0.3, 0.4) is 0 Å². The monoisotopic (exact) mass is 284 g/mol. The minimum absolute atomic E-state index is 0.0640. The Morgan fingerprint density at radius 2 is 2.21 bits per heavy atom. The van der Waals surface area contributed by atoms with Gasteiger partial charge in [0.15, 0.2) is 5.03 Å². The Hall–Kier alpha value is -0.980. The second-order valence-corrected chi connectivity index (χ2v) is 7.20. The van der Waals surface area contributed by atoms with Crippen molar-refractivity contribution in [2.24, 2.45) is 11.8 Å². The summed E-state index contributed by atoms with van der Waals surface area (Å²) in [6.07, 6.45) is 2.31. The lowest BCUT2D eigenvalue weighted by Gasteiger charge is -2.17. The van der Waals surface area contributed by atoms with Crippen LogP contribution in [0, 0.1) is 11.8 Å². The van der Waals surface area contributed by atoms with Crippen LogP contribution in [0.15, 0.2) is 23.4 Å². The number of aromatic nitrogens is 1. The van der Waals surface area contributed by atoms with E-state index in [1.165, 1.54) is 16.6 Å². The normalized spacial score (nSPS) is 21.2. The third-order valence-corrected chi connectivity index (χ3v) is 5.50. The van der Waals surface area contributed by atoms with Gasteiger partial charge in [-0.2, -0.15) is 4.31 Å². The van der Waals surface area contributed by atoms with Crippen LogP contribution >= 0.6 is 0 Å². The van der Waals surface area contributed by atoms with Crippen LogP contribution in [0.5, 0.6) is 0 Å². The number of aliphatic hydroxyl groups excluding tert-OH is 1. The Labute approximate surface area is 114 Å². The number of rotatable bonds is 4. The van der Waals surface area contributed by atoms with E-state index in [-0.39, 0.29) is 11.6 Å². The molecule has 2 rings (SSSR count). The van der Waals surface area contributed by atoms with E-state index >= 15 is 0 Å². The van der Waals surface area contributed by atoms with Crippen molar-refractivity contribution >= 4 is 10.0 Å². The van der Waals surface area contributed by atoms with Crippen molar-refractivity contribution in [2.45, 2.75) is 31.9 Å². The van der Waals surface area contributed by atoms with Gasteiger partial charge in [-0.15, -0.1) is 0 Å². The molecule has 1 atom stereocenters. The maximum absolute atomic E-state index is 12.4. The molecule has 2 heterocycles. The van der Waals surface area contributed by atoms with E-state index in [9.17, 15) is 8.42 Å². The minimum Gasteiger partial charge on any atom is -0.392 e. The minimum atomic E-state index is -3.49. The third-order valence-electron chi connectivity index (χ3n) is 3.71. The highest BCUT2D eigenvalue weighted by atomic mass is 32.2. The van der Waals surface area contributed by atoms with Crippen LogP contribution in [-0.2, 0) is 16.6 Å². The Morgan fingerprint density at radius 3 is 2.68 bits per heavy atom. The molecular formula is C13H20N2O3S. The second-order valence-electron chi connectivity index (χ2n) is 5.32. The smallest absolute Gasteiger partial charge is 0.260 e. The van der Waals surface area contributed by atoms with E-state index in [1.54, 1.807) is 6.07 Å². The zero-order chi connectivity index (χ0) is 14.0. The lowest BCUT2D eigenvalue weighted by molar-refractivity contribution is 0.281. The molecule has 1 aliphatic rings. The van der Waals surface area contributed by atoms with Crippen LogP contribution in [0.1, 0.15) is 25.8 Å². The molecule has 0 aromatic carbocycles. The molecule has 1 aromatic rings. The van der Waals surface area contributed by atoms with E-state index in [1.807, 2.05) is 0 Å². The number of pyridine rings is 1. The lowest BCUT2D eigenvalue weighted by Crippen LogP contribution is -2.30. The summed E-state index contributed by atoms with van der Waals surface area (Å²) in [5.41, 5.74) is 0.612. The van der Waals surface area contributed by atoms with E-state index in [2.05, 4.69) is 18.8 Å². The molecule has 1 fully saturated rings. The van der Waals surface area contributed by atoms with Crippen molar-refractivity contribution in [3.63, 3.8) is 0 Å². The number of aliphatic hydroxyl groups is 1. The van der Waals surface area contributed by atoms with Crippen molar-refractivity contribution in [3.05, 3.63) is 23.9 Å². The summed E-state index contributed by atoms with van der Waals surface area (Å²) >= 11 is 0. The summed E-state index contributed by atoms with van der Waals surface area (Å²) in [5, 5.41) is 9.00. The molecule has 0 aliphatic carbocycles. The SMILES string of the molecule is CC(C)C1CCN(S(=O)(=O)c2ccc(CO)cn2)C1. The van der Waals surface area contributed by atoms with Gasteiger partial charge in [0.05, 0.1) is 6.61 Å². The maximum Gasteiger partial charge on any atom is 0.260 e. The van der Waals surface area contributed by atoms with Crippen molar-refractivity contribution < 1.29 is 13.5 Å². The summed E-state index contributed by atoms with van der Waals surface area (Å²) in [7, 11) is -3.49. The van der Waals surface area contributed by atoms with E-state index < -0.39 is 10.0 Å². The fraction of sp³-hybridized carbons (Fsp3) is 0.615. The zero-order valence-electron chi connectivity index (χ0n) is 11.3. The van der Waals surface area contributed by atoms with Gasteiger partial charge in [0, 0.05) is 19.3 Å². The van der Waals surface area contributed by atoms with Gasteiger partial charge in [-0.3, -0.25) is 0 Å². The largest absolute Gasteiger partial charge is 0.392 e. The molecule has 0 amide bonds. The zero-order valence-corrected chi connectivity index (χ0v) is 12.1. The number of nitrogens with zero attached hydrogens (tertiary/aromatic N) is 2. The first-order valence-electron chi connectivity index (χ1n) is 6.51. The Bertz CT molecular complexity index is 525. The summed E-state index contributed by atoms with van der Waals surface area (Å²) in [6, 6.07) is 3.06. The summed E-state index contributed by atoms with van der Waals surface area (Å²) < 4.78 is 26.3. The highest BCUT2D eigenvalue weighted by molar-refractivity contribution is 7.89. The Morgan fingerprint density at radius 1 is 1.47 bits per heavy atom. The molecule has 0 bridgehead atoms. The highest BCUT2D eigenvalue weighted by Crippen LogP contribution is 2.27. The highest BCUT2D eigenvalue weighted by Gasteiger charge is 2.34. The van der Waals surface area contributed by atoms with Gasteiger partial charge in [0.25, 0.3) is 10.0 Å². The van der Waals surface area contributed by atoms with Gasteiger partial charge in [-0.1, -0.05) is 19.9 Å². The topological polar surface area (TPSA) is 70.5 Å². The molecule has 5 nitrogen and oxygen atoms in total. The molecule has 1 unspecified atom stereocenters. The molecule has 6 heteroatoms. The molecule has 0 spiro atoms. The molecule has 1 saturated heterocycles. The number of hydrogen-bond acceptors (Lipinski definition) is 4. The quantitative estimate of drug-likeness (QED) is 0.903. The lowest BCUT2D eigenvalue weighted by atomic mass is 9.96. The van der Waals surface area contributed by atoms with Crippen LogP contribution in [-0.4, -0.2) is 35.9 Å². The third kappa shape index (κ3) is 2.96. The van der Waals surface area contributed by atoms with Gasteiger partial charge in [-0.25, -0.2) is 13.4 Å². The van der Waals surface area contributed by atoms with Gasteiger partial charge in [-0.05, 0) is 29.9 Å². The van der Waals surface area contributed by atoms with Crippen LogP contribution in [0.4, 0.5) is 0 Å². The predicted octanol–water partition coefficient (Wildman–Crippen LogP) is 1.24. The van der Waals surface area contributed by atoms with Crippen molar-refractivity contribution in [3.8, 4) is 0 Å². The molecule has 1 aliphatic heterocycles. The van der Waals surface area contributed by atoms with Crippen molar-refractivity contribution in [2.75, 3.05) is 13.1 Å². The summed E-state index contributed by atoms with van der Waals surface area (Å²) in [5.74, 6) is 0.913. The molecule has 1 aromatic heterocycles. The average Bonchev–Trinajstić information content (AvgIpc) is 2.89. The second kappa shape index (κ2) is 5.56. The Balaban J connectivity index is 2.18. The predicted molar refractivity (Wildman–Crippen MR) is 71.9 cm³/mol. The average molecular weight is 284 g/mol. The van der Waals surface area contributed by atoms with E-state index in [0.29, 0.717) is 30.5 Å². The van der Waals surface area contributed by atoms with Crippen molar-refractivity contribution in [1.29, 1.82) is 0 Å². The first-order valence-corrected chi connectivity index (χ1v) is 7.95. The molecule has 0 saturated carbocycles. The molecular weight excluding hydrogens is 264 g/mol. The molecule has 0 radical (unpaired) electrons. The van der Waals surface area contributed by atoms with Gasteiger partial charge < -0.3 is 5.11 Å². The number of sulfonamides is 1. The first kappa shape index (κ1) is 14.4. The van der Waals surface area contributed by atoms with E-state index in [0.717, 1.165) is 6.42 Å². The van der Waals surface area contributed by atoms with Gasteiger partial charge >= 0.3 is 0 Å². The molecule has 19 heavy (non-hydrogen) atoms. The van der Waals surface area contributed by atoms with Crippen LogP contribution in [0.25, 0.3) is 0 Å². The Kier molecular flexibility index (Phi) is 4.23. The molecule has 1 N–H and O–H groups in total. The van der Waals surface area contributed by atoms with Gasteiger partial charge in [0.1, 0.15) is 0 Å². The maximum atomic E-state index is 12.4. The van der Waals surface area contributed by atoms with Gasteiger partial charge in [0.2, 0.25) is 0 Å². The number of hydrogen-bond donors (Lipinski definition) is 1. The first-order chi connectivity index (χ1) is 8.95. The van der Waals surface area contributed by atoms with Crippen LogP contribution < -0.4 is 0 Å². The summed E-state index contributed by atoms with van der Waals surface area (Å²) in [4.78, 5) is 3.95. The van der Waals surface area contributed by atoms with Crippen LogP contribution in [0.2, 0.25) is 0 Å². The van der Waals surface area contributed by atoms with E-state index in [4.69, 9.17) is 5.11 Å².